The summed E-state index contributed by atoms with van der Waals surface area (Å²) in [5.74, 6) is -0.248. The number of aromatic nitrogens is 2. The molecule has 2 N–H and O–H groups in total. The molecule has 1 unspecified atom stereocenters. The fourth-order valence-corrected chi connectivity index (χ4v) is 3.79. The number of carbonyl (C=O) groups excluding carboxylic acids is 1. The number of nitrogens with zero attached hydrogens (tertiary/aromatic N) is 1. The lowest BCUT2D eigenvalue weighted by molar-refractivity contribution is -0.120. The number of amides is 1. The molecule has 5 nitrogen and oxygen atoms in total. The summed E-state index contributed by atoms with van der Waals surface area (Å²) in [4.78, 5) is 32.7. The Morgan fingerprint density at radius 2 is 1.90 bits per heavy atom. The van der Waals surface area contributed by atoms with Crippen LogP contribution in [0.25, 0.3) is 11.4 Å². The number of carbonyl (C=O) groups is 1. The Morgan fingerprint density at radius 1 is 1.14 bits per heavy atom. The van der Waals surface area contributed by atoms with Crippen LogP contribution in [0.2, 0.25) is 5.02 Å². The molecule has 1 amide bonds. The van der Waals surface area contributed by atoms with Crippen LogP contribution >= 0.6 is 11.6 Å². The van der Waals surface area contributed by atoms with Gasteiger partial charge >= 0.3 is 0 Å². The molecular weight excluding hydrogens is 393 g/mol. The number of benzene rings is 2. The standard InChI is InChI=1S/C22H19ClFN3O2/c23-15-2-1-3-17(12-15)25-21(28)14-6-10-18-19(11-7-14)26-20(27-22(18)29)13-4-8-16(24)9-5-13/h1-5,8-9,12,14H,6-7,10-11H2,(H,25,28)(H,26,27,29). The van der Waals surface area contributed by atoms with E-state index in [0.29, 0.717) is 59.0 Å². The minimum atomic E-state index is -0.348. The second kappa shape index (κ2) is 8.17. The monoisotopic (exact) mass is 411 g/mol. The number of aryl methyl sites for hydroxylation is 1. The van der Waals surface area contributed by atoms with E-state index in [4.69, 9.17) is 11.6 Å². The van der Waals surface area contributed by atoms with E-state index in [0.717, 1.165) is 0 Å². The highest BCUT2D eigenvalue weighted by Gasteiger charge is 2.25. The van der Waals surface area contributed by atoms with E-state index >= 15 is 0 Å². The first kappa shape index (κ1) is 19.3. The van der Waals surface area contributed by atoms with Crippen molar-refractivity contribution < 1.29 is 9.18 Å². The normalized spacial score (nSPS) is 16.0. The zero-order valence-electron chi connectivity index (χ0n) is 15.5. The highest BCUT2D eigenvalue weighted by molar-refractivity contribution is 6.30. The molecule has 7 heteroatoms. The van der Waals surface area contributed by atoms with Crippen molar-refractivity contribution in [2.24, 2.45) is 5.92 Å². The van der Waals surface area contributed by atoms with Crippen LogP contribution in [-0.4, -0.2) is 15.9 Å². The summed E-state index contributed by atoms with van der Waals surface area (Å²) in [6.45, 7) is 0. The SMILES string of the molecule is O=C(Nc1cccc(Cl)c1)C1CCc2nc(-c3ccc(F)cc3)[nH]c(=O)c2CC1. The number of hydrogen-bond donors (Lipinski definition) is 2. The summed E-state index contributed by atoms with van der Waals surface area (Å²) < 4.78 is 13.2. The minimum absolute atomic E-state index is 0.0877. The Kier molecular flexibility index (Phi) is 5.45. The lowest BCUT2D eigenvalue weighted by atomic mass is 9.98. The number of halogens is 2. The van der Waals surface area contributed by atoms with E-state index in [-0.39, 0.29) is 23.2 Å². The van der Waals surface area contributed by atoms with E-state index in [1.807, 2.05) is 0 Å². The van der Waals surface area contributed by atoms with Gasteiger partial charge in [-0.25, -0.2) is 9.37 Å². The van der Waals surface area contributed by atoms with Gasteiger partial charge in [0.1, 0.15) is 11.6 Å². The molecular formula is C22H19ClFN3O2. The third-order valence-corrected chi connectivity index (χ3v) is 5.39. The lowest BCUT2D eigenvalue weighted by Crippen LogP contribution is -2.23. The molecule has 1 aliphatic carbocycles. The topological polar surface area (TPSA) is 74.8 Å². The van der Waals surface area contributed by atoms with Gasteiger partial charge in [-0.2, -0.15) is 0 Å². The molecule has 1 atom stereocenters. The summed E-state index contributed by atoms with van der Waals surface area (Å²) in [6.07, 6.45) is 2.18. The molecule has 0 bridgehead atoms. The Morgan fingerprint density at radius 3 is 2.66 bits per heavy atom. The fourth-order valence-electron chi connectivity index (χ4n) is 3.60. The molecule has 1 aromatic heterocycles. The number of rotatable bonds is 3. The Bertz CT molecular complexity index is 1110. The zero-order chi connectivity index (χ0) is 20.4. The Labute approximate surface area is 172 Å². The van der Waals surface area contributed by atoms with Gasteiger partial charge in [-0.05, 0) is 68.1 Å². The smallest absolute Gasteiger partial charge is 0.254 e. The van der Waals surface area contributed by atoms with Crippen LogP contribution in [0.1, 0.15) is 24.1 Å². The van der Waals surface area contributed by atoms with Crippen molar-refractivity contribution in [1.29, 1.82) is 0 Å². The highest BCUT2D eigenvalue weighted by atomic mass is 35.5. The average molecular weight is 412 g/mol. The van der Waals surface area contributed by atoms with Gasteiger partial charge in [0.2, 0.25) is 5.91 Å². The van der Waals surface area contributed by atoms with Crippen LogP contribution in [0, 0.1) is 11.7 Å². The van der Waals surface area contributed by atoms with Gasteiger partial charge in [0.25, 0.3) is 5.56 Å². The number of H-pyrrole nitrogens is 1. The van der Waals surface area contributed by atoms with Crippen LogP contribution in [0.4, 0.5) is 10.1 Å². The number of fused-ring (bicyclic) bond motifs is 1. The molecule has 0 aliphatic heterocycles. The Balaban J connectivity index is 1.53. The van der Waals surface area contributed by atoms with Gasteiger partial charge < -0.3 is 10.3 Å². The molecule has 2 aromatic carbocycles. The summed E-state index contributed by atoms with van der Waals surface area (Å²) in [6, 6.07) is 12.8. The number of aromatic amines is 1. The molecule has 3 aromatic rings. The van der Waals surface area contributed by atoms with Crippen molar-refractivity contribution in [2.45, 2.75) is 25.7 Å². The zero-order valence-corrected chi connectivity index (χ0v) is 16.3. The lowest BCUT2D eigenvalue weighted by Gasteiger charge is -2.14. The average Bonchev–Trinajstić information content (AvgIpc) is 2.92. The minimum Gasteiger partial charge on any atom is -0.326 e. The second-order valence-electron chi connectivity index (χ2n) is 7.12. The van der Waals surface area contributed by atoms with Crippen molar-refractivity contribution in [3.05, 3.63) is 81.0 Å². The molecule has 1 heterocycles. The molecule has 4 rings (SSSR count). The molecule has 0 spiro atoms. The number of hydrogen-bond acceptors (Lipinski definition) is 3. The number of nitrogens with one attached hydrogen (secondary N) is 2. The van der Waals surface area contributed by atoms with E-state index in [9.17, 15) is 14.0 Å². The molecule has 1 aliphatic rings. The first-order chi connectivity index (χ1) is 14.0. The summed E-state index contributed by atoms with van der Waals surface area (Å²) >= 11 is 5.97. The molecule has 0 saturated carbocycles. The van der Waals surface area contributed by atoms with Gasteiger partial charge in [0.05, 0.1) is 5.69 Å². The molecule has 148 valence electrons. The van der Waals surface area contributed by atoms with Gasteiger partial charge in [0.15, 0.2) is 0 Å². The number of anilines is 1. The van der Waals surface area contributed by atoms with E-state index in [1.165, 1.54) is 12.1 Å². The third kappa shape index (κ3) is 4.38. The van der Waals surface area contributed by atoms with Gasteiger partial charge in [-0.1, -0.05) is 17.7 Å². The fraction of sp³-hybridized carbons (Fsp3) is 0.227. The van der Waals surface area contributed by atoms with Crippen molar-refractivity contribution >= 4 is 23.2 Å². The van der Waals surface area contributed by atoms with Crippen LogP contribution < -0.4 is 10.9 Å². The van der Waals surface area contributed by atoms with Crippen LogP contribution in [0.3, 0.4) is 0 Å². The summed E-state index contributed by atoms with van der Waals surface area (Å²) in [5, 5.41) is 3.45. The van der Waals surface area contributed by atoms with Crippen LogP contribution in [0.5, 0.6) is 0 Å². The van der Waals surface area contributed by atoms with E-state index in [1.54, 1.807) is 36.4 Å². The maximum absolute atomic E-state index is 13.2. The van der Waals surface area contributed by atoms with Crippen molar-refractivity contribution in [3.8, 4) is 11.4 Å². The van der Waals surface area contributed by atoms with Gasteiger partial charge in [0, 0.05) is 27.8 Å². The first-order valence-corrected chi connectivity index (χ1v) is 9.82. The first-order valence-electron chi connectivity index (χ1n) is 9.44. The van der Waals surface area contributed by atoms with Crippen molar-refractivity contribution in [2.75, 3.05) is 5.32 Å². The maximum atomic E-state index is 13.2. The van der Waals surface area contributed by atoms with Crippen LogP contribution in [-0.2, 0) is 17.6 Å². The van der Waals surface area contributed by atoms with Crippen molar-refractivity contribution in [3.63, 3.8) is 0 Å². The van der Waals surface area contributed by atoms with Gasteiger partial charge in [-0.3, -0.25) is 9.59 Å². The molecule has 0 fully saturated rings. The predicted molar refractivity (Wildman–Crippen MR) is 110 cm³/mol. The highest BCUT2D eigenvalue weighted by Crippen LogP contribution is 2.25. The summed E-state index contributed by atoms with van der Waals surface area (Å²) in [7, 11) is 0. The molecule has 0 radical (unpaired) electrons. The Hall–Kier alpha value is -2.99. The molecule has 29 heavy (non-hydrogen) atoms. The second-order valence-corrected chi connectivity index (χ2v) is 7.56. The van der Waals surface area contributed by atoms with Crippen molar-refractivity contribution in [1.82, 2.24) is 9.97 Å². The van der Waals surface area contributed by atoms with Gasteiger partial charge in [-0.15, -0.1) is 0 Å². The maximum Gasteiger partial charge on any atom is 0.254 e. The van der Waals surface area contributed by atoms with E-state index < -0.39 is 0 Å². The third-order valence-electron chi connectivity index (χ3n) is 5.15. The van der Waals surface area contributed by atoms with Crippen LogP contribution in [0.15, 0.2) is 53.3 Å². The summed E-state index contributed by atoms with van der Waals surface area (Å²) in [5.41, 5.74) is 2.41. The largest absolute Gasteiger partial charge is 0.326 e. The van der Waals surface area contributed by atoms with E-state index in [2.05, 4.69) is 15.3 Å². The quantitative estimate of drug-likeness (QED) is 0.629. The predicted octanol–water partition coefficient (Wildman–Crippen LogP) is 4.36. The molecule has 0 saturated heterocycles.